The summed E-state index contributed by atoms with van der Waals surface area (Å²) in [7, 11) is 1.63. The minimum atomic E-state index is -0.171. The Kier molecular flexibility index (Phi) is 7.95. The van der Waals surface area contributed by atoms with Gasteiger partial charge >= 0.3 is 0 Å². The second kappa shape index (κ2) is 11.5. The molecule has 1 fully saturated rings. The van der Waals surface area contributed by atoms with Gasteiger partial charge in [0.05, 0.1) is 18.5 Å². The number of amides is 1. The van der Waals surface area contributed by atoms with E-state index in [-0.39, 0.29) is 13.4 Å². The molecule has 2 aromatic carbocycles. The van der Waals surface area contributed by atoms with E-state index in [1.165, 1.54) is 0 Å². The number of carbonyl (C=O) groups excluding carboxylic acids is 1. The summed E-state index contributed by atoms with van der Waals surface area (Å²) in [6.45, 7) is 3.98. The average molecular weight is 477 g/mol. The highest BCUT2D eigenvalue weighted by Gasteiger charge is 2.19. The van der Waals surface area contributed by atoms with Crippen molar-refractivity contribution in [1.82, 2.24) is 9.88 Å². The number of pyridine rings is 1. The Morgan fingerprint density at radius 3 is 2.51 bits per heavy atom. The van der Waals surface area contributed by atoms with Gasteiger partial charge in [-0.15, -0.1) is 0 Å². The van der Waals surface area contributed by atoms with Crippen LogP contribution in [0.25, 0.3) is 0 Å². The smallest absolute Gasteiger partial charge is 0.253 e. The van der Waals surface area contributed by atoms with Gasteiger partial charge in [-0.25, -0.2) is 4.99 Å². The van der Waals surface area contributed by atoms with Crippen molar-refractivity contribution in [2.24, 2.45) is 10.7 Å². The molecule has 0 unspecified atom stereocenters. The molecule has 1 aliphatic rings. The molecule has 184 valence electrons. The lowest BCUT2D eigenvalue weighted by Crippen LogP contribution is -2.27. The number of amidine groups is 1. The van der Waals surface area contributed by atoms with Gasteiger partial charge < -0.3 is 24.8 Å². The summed E-state index contributed by atoms with van der Waals surface area (Å²) >= 11 is 0. The molecule has 0 bridgehead atoms. The zero-order valence-corrected chi connectivity index (χ0v) is 20.0. The molecule has 0 saturated carbocycles. The first-order chi connectivity index (χ1) is 17.0. The van der Waals surface area contributed by atoms with Crippen LogP contribution in [0.15, 0.2) is 72.0 Å². The molecule has 0 radical (unpaired) electrons. The van der Waals surface area contributed by atoms with Crippen LogP contribution >= 0.6 is 0 Å². The second-order valence-corrected chi connectivity index (χ2v) is 8.41. The Bertz CT molecular complexity index is 1170. The number of nitrogens with zero attached hydrogens (tertiary/aromatic N) is 3. The average Bonchev–Trinajstić information content (AvgIpc) is 3.40. The highest BCUT2D eigenvalue weighted by Crippen LogP contribution is 2.29. The van der Waals surface area contributed by atoms with Crippen molar-refractivity contribution < 1.29 is 20.4 Å². The van der Waals surface area contributed by atoms with Crippen LogP contribution in [-0.4, -0.2) is 54.5 Å². The molecule has 8 nitrogen and oxygen atoms in total. The Labute approximate surface area is 206 Å². The van der Waals surface area contributed by atoms with Crippen molar-refractivity contribution >= 4 is 17.4 Å². The van der Waals surface area contributed by atoms with Crippen molar-refractivity contribution in [2.45, 2.75) is 25.9 Å². The standard InChI is InChI=1S/C27H30N4O4.H2/c1-19(18-33-2)34-24-14-21(26(28)30-22-6-5-11-29-17-22)15-25(16-24)35-23-9-7-20(8-10-23)27(32)31-12-3-4-13-31;/h5-11,14-17,19H,3-4,12-13,18H2,1-2H3,(H2,28,30);1H/t19-;/m0./s1. The maximum absolute atomic E-state index is 12.6. The molecule has 8 heteroatoms. The summed E-state index contributed by atoms with van der Waals surface area (Å²) in [6, 6.07) is 16.2. The lowest BCUT2D eigenvalue weighted by molar-refractivity contribution is 0.0793. The molecule has 0 spiro atoms. The molecule has 1 atom stereocenters. The number of ether oxygens (including phenoxy) is 3. The molecule has 0 aliphatic carbocycles. The highest BCUT2D eigenvalue weighted by molar-refractivity contribution is 5.99. The number of hydrogen-bond acceptors (Lipinski definition) is 6. The number of hydrogen-bond donors (Lipinski definition) is 1. The Hall–Kier alpha value is -3.91. The first kappa shape index (κ1) is 24.2. The van der Waals surface area contributed by atoms with Gasteiger partial charge in [0.15, 0.2) is 0 Å². The van der Waals surface area contributed by atoms with Gasteiger partial charge in [0.2, 0.25) is 0 Å². The lowest BCUT2D eigenvalue weighted by atomic mass is 10.1. The van der Waals surface area contributed by atoms with Crippen molar-refractivity contribution in [3.8, 4) is 17.2 Å². The molecule has 2 heterocycles. The van der Waals surface area contributed by atoms with Gasteiger partial charge in [-0.05, 0) is 68.3 Å². The fourth-order valence-electron chi connectivity index (χ4n) is 3.88. The van der Waals surface area contributed by atoms with E-state index in [4.69, 9.17) is 19.9 Å². The predicted octanol–water partition coefficient (Wildman–Crippen LogP) is 4.81. The maximum atomic E-state index is 12.6. The SMILES string of the molecule is COC[C@H](C)Oc1cc(Oc2ccc(C(=O)N3CCCC3)cc2)cc(C(N)=Nc2cccnc2)c1.[HH]. The van der Waals surface area contributed by atoms with Crippen LogP contribution in [0, 0.1) is 0 Å². The first-order valence-corrected chi connectivity index (χ1v) is 11.6. The third-order valence-electron chi connectivity index (χ3n) is 5.54. The molecule has 1 aromatic heterocycles. The van der Waals surface area contributed by atoms with Crippen molar-refractivity contribution in [1.29, 1.82) is 0 Å². The molecule has 3 aromatic rings. The van der Waals surface area contributed by atoms with Crippen LogP contribution in [0.3, 0.4) is 0 Å². The summed E-state index contributed by atoms with van der Waals surface area (Å²) in [4.78, 5) is 23.0. The number of aromatic nitrogens is 1. The van der Waals surface area contributed by atoms with Crippen LogP contribution in [0.5, 0.6) is 17.2 Å². The normalized spacial score (nSPS) is 14.6. The largest absolute Gasteiger partial charge is 0.488 e. The van der Waals surface area contributed by atoms with E-state index < -0.39 is 0 Å². The lowest BCUT2D eigenvalue weighted by Gasteiger charge is -2.17. The summed E-state index contributed by atoms with van der Waals surface area (Å²) in [6.07, 6.45) is 5.26. The molecule has 1 aliphatic heterocycles. The van der Waals surface area contributed by atoms with Gasteiger partial charge in [0.25, 0.3) is 5.91 Å². The molecule has 1 amide bonds. The van der Waals surface area contributed by atoms with Crippen molar-refractivity contribution in [3.05, 3.63) is 78.1 Å². The fraction of sp³-hybridized carbons (Fsp3) is 0.296. The first-order valence-electron chi connectivity index (χ1n) is 11.6. The summed E-state index contributed by atoms with van der Waals surface area (Å²) < 4.78 is 17.3. The van der Waals surface area contributed by atoms with E-state index in [0.29, 0.717) is 46.5 Å². The summed E-state index contributed by atoms with van der Waals surface area (Å²) in [5.41, 5.74) is 8.24. The van der Waals surface area contributed by atoms with E-state index in [2.05, 4.69) is 9.98 Å². The van der Waals surface area contributed by atoms with Crippen LogP contribution in [0.2, 0.25) is 0 Å². The van der Waals surface area contributed by atoms with Gasteiger partial charge in [0, 0.05) is 45.0 Å². The molecular weight excluding hydrogens is 444 g/mol. The number of nitrogens with two attached hydrogens (primary N) is 1. The number of benzene rings is 2. The van der Waals surface area contributed by atoms with E-state index in [1.807, 2.05) is 24.0 Å². The van der Waals surface area contributed by atoms with Crippen molar-refractivity contribution in [2.75, 3.05) is 26.8 Å². The Balaban J connectivity index is 0.00000361. The second-order valence-electron chi connectivity index (χ2n) is 8.41. The number of rotatable bonds is 9. The zero-order chi connectivity index (χ0) is 24.6. The summed E-state index contributed by atoms with van der Waals surface area (Å²) in [5.74, 6) is 2.06. The minimum Gasteiger partial charge on any atom is -0.488 e. The zero-order valence-electron chi connectivity index (χ0n) is 20.0. The Morgan fingerprint density at radius 1 is 1.09 bits per heavy atom. The molecule has 2 N–H and O–H groups in total. The van der Waals surface area contributed by atoms with Gasteiger partial charge in [-0.1, -0.05) is 0 Å². The topological polar surface area (TPSA) is 99.3 Å². The summed E-state index contributed by atoms with van der Waals surface area (Å²) in [5, 5.41) is 0. The molecule has 1 saturated heterocycles. The third kappa shape index (κ3) is 6.58. The number of methoxy groups -OCH3 is 1. The van der Waals surface area contributed by atoms with E-state index in [0.717, 1.165) is 25.9 Å². The van der Waals surface area contributed by atoms with Crippen molar-refractivity contribution in [3.63, 3.8) is 0 Å². The van der Waals surface area contributed by atoms with Gasteiger partial charge in [0.1, 0.15) is 29.2 Å². The third-order valence-corrected chi connectivity index (χ3v) is 5.54. The highest BCUT2D eigenvalue weighted by atomic mass is 16.5. The van der Waals surface area contributed by atoms with Crippen LogP contribution in [0.1, 0.15) is 37.1 Å². The van der Waals surface area contributed by atoms with Crippen LogP contribution in [-0.2, 0) is 4.74 Å². The maximum Gasteiger partial charge on any atom is 0.253 e. The monoisotopic (exact) mass is 476 g/mol. The van der Waals surface area contributed by atoms with Crippen LogP contribution < -0.4 is 15.2 Å². The fourth-order valence-corrected chi connectivity index (χ4v) is 3.88. The predicted molar refractivity (Wildman–Crippen MR) is 137 cm³/mol. The molecule has 4 rings (SSSR count). The molecular formula is C27H32N4O4. The quantitative estimate of drug-likeness (QED) is 0.352. The van der Waals surface area contributed by atoms with Crippen LogP contribution in [0.4, 0.5) is 5.69 Å². The van der Waals surface area contributed by atoms with E-state index in [1.54, 1.807) is 62.0 Å². The minimum absolute atomic E-state index is 0. The number of carbonyl (C=O) groups is 1. The van der Waals surface area contributed by atoms with E-state index >= 15 is 0 Å². The number of likely N-dealkylation sites (tertiary alicyclic amines) is 1. The molecule has 35 heavy (non-hydrogen) atoms. The van der Waals surface area contributed by atoms with E-state index in [9.17, 15) is 4.79 Å². The van der Waals surface area contributed by atoms with Gasteiger partial charge in [-0.3, -0.25) is 9.78 Å². The number of aliphatic imine (C=N–C) groups is 1. The van der Waals surface area contributed by atoms with Gasteiger partial charge in [-0.2, -0.15) is 0 Å². The Morgan fingerprint density at radius 2 is 1.83 bits per heavy atom.